The summed E-state index contributed by atoms with van der Waals surface area (Å²) in [6, 6.07) is 5.63. The first-order valence-corrected chi connectivity index (χ1v) is 22.7. The fraction of sp³-hybridized carbons (Fsp3) is 0.474. The summed E-state index contributed by atoms with van der Waals surface area (Å²) in [5.41, 5.74) is -5.30. The highest BCUT2D eigenvalue weighted by Crippen LogP contribution is 2.52. The summed E-state index contributed by atoms with van der Waals surface area (Å²) in [7, 11) is -9.42. The number of aliphatic hydroxyl groups excluding tert-OH is 2. The van der Waals surface area contributed by atoms with Crippen LogP contribution in [0.5, 0.6) is 5.75 Å². The topological polar surface area (TPSA) is 336 Å². The number of alkyl halides is 3. The lowest BCUT2D eigenvalue weighted by atomic mass is 9.95. The summed E-state index contributed by atoms with van der Waals surface area (Å²) in [4.78, 5) is 70.6. The Hall–Kier alpha value is -5.24. The number of halogens is 3. The number of aromatic nitrogens is 2. The molecule has 3 aliphatic rings. The maximum atomic E-state index is 16.0. The third-order valence-electron chi connectivity index (χ3n) is 9.55. The zero-order valence-electron chi connectivity index (χ0n) is 36.1. The first kappa shape index (κ1) is 54.4. The third kappa shape index (κ3) is 12.9. The molecule has 4 heterocycles. The molecular weight excluding hydrogens is 947 g/mol. The molecule has 0 spiro atoms. The van der Waals surface area contributed by atoms with Gasteiger partial charge in [-0.05, 0) is 46.8 Å². The fourth-order valence-corrected chi connectivity index (χ4v) is 8.76. The first-order valence-electron chi connectivity index (χ1n) is 19.5. The van der Waals surface area contributed by atoms with Gasteiger partial charge in [0.15, 0.2) is 18.6 Å². The number of aliphatic carboxylic acids is 1. The van der Waals surface area contributed by atoms with Gasteiger partial charge in [0.1, 0.15) is 48.6 Å². The van der Waals surface area contributed by atoms with Gasteiger partial charge in [-0.1, -0.05) is 31.4 Å². The summed E-state index contributed by atoms with van der Waals surface area (Å²) < 4.78 is 104. The Morgan fingerprint density at radius 3 is 2.13 bits per heavy atom. The van der Waals surface area contributed by atoms with Crippen molar-refractivity contribution in [3.05, 3.63) is 106 Å². The smallest absolute Gasteiger partial charge is 0.459 e. The highest BCUT2D eigenvalue weighted by Gasteiger charge is 2.67. The number of carboxylic acids is 1. The molecule has 0 bridgehead atoms. The third-order valence-corrected chi connectivity index (χ3v) is 12.4. The quantitative estimate of drug-likeness (QED) is 0.0571. The molecular formula is C38H49F3N6O18P2. The Morgan fingerprint density at radius 2 is 1.57 bits per heavy atom. The monoisotopic (exact) mass is 996 g/mol. The average Bonchev–Trinajstić information content (AvgIpc) is 3.53. The van der Waals surface area contributed by atoms with Crippen LogP contribution in [0.3, 0.4) is 0 Å². The largest absolute Gasteiger partial charge is 0.480 e. The van der Waals surface area contributed by atoms with E-state index < -0.39 is 124 Å². The van der Waals surface area contributed by atoms with Crippen molar-refractivity contribution >= 4 is 33.3 Å². The van der Waals surface area contributed by atoms with Crippen molar-refractivity contribution in [1.29, 1.82) is 0 Å². The second kappa shape index (κ2) is 21.0. The van der Waals surface area contributed by atoms with Crippen LogP contribution in [0.1, 0.15) is 40.8 Å². The Kier molecular flexibility index (Phi) is 17.0. The van der Waals surface area contributed by atoms with Crippen molar-refractivity contribution in [2.45, 2.75) is 100 Å². The van der Waals surface area contributed by atoms with Crippen LogP contribution in [0.2, 0.25) is 0 Å². The molecule has 67 heavy (non-hydrogen) atoms. The van der Waals surface area contributed by atoms with Crippen LogP contribution in [0.25, 0.3) is 0 Å². The molecule has 12 atom stereocenters. The molecule has 1 amide bonds. The number of amides is 1. The minimum atomic E-state index is -4.78. The number of carbonyl (C=O) groups excluding carboxylic acids is 2. The van der Waals surface area contributed by atoms with E-state index in [9.17, 15) is 53.3 Å². The Labute approximate surface area is 378 Å². The number of H-pyrrole nitrogens is 1. The standard InChI is InChI=1S/C24H28F2N3O9P.C14H21FN3O9P/c1-5-12-23(25)20(32)24(26,37-21(23)29-13-11-18(30)27-22(29)33)14-35-39(34,38-17-9-7-6-8-10-17)28-16(4)19(31)36-15(2)3;1-7(10(20)21)17-28(24,25)26-6-14(15)11(22)13(3,23)12(27-14)18-5-4-9(19)16-8(18)2/h6-13,15-16,20-21,32H,1,14H2,2-4H3,(H,28,34)(H,27,30,33);4-5,7,11-12,22-23H,2,6H2,1,3H3,(H,16,19)(H,20,21)(H2,17,24,25)/t16?,20-,21+,23+,24+,39?;7?,11-,12+,13+,14+/m00/s1. The number of carboxylic acid groups (broad SMARTS) is 1. The summed E-state index contributed by atoms with van der Waals surface area (Å²) in [6.45, 7) is 10.6. The van der Waals surface area contributed by atoms with E-state index >= 15 is 13.2 Å². The van der Waals surface area contributed by atoms with Crippen molar-refractivity contribution < 1.29 is 89.8 Å². The maximum Gasteiger partial charge on any atom is 0.459 e. The molecule has 2 saturated heterocycles. The van der Waals surface area contributed by atoms with E-state index in [2.05, 4.69) is 33.8 Å². The second-order valence-electron chi connectivity index (χ2n) is 15.4. The molecule has 9 N–H and O–H groups in total. The van der Waals surface area contributed by atoms with Crippen molar-refractivity contribution in [1.82, 2.24) is 29.9 Å². The van der Waals surface area contributed by atoms with Crippen molar-refractivity contribution in [3.8, 4) is 5.75 Å². The van der Waals surface area contributed by atoms with Gasteiger partial charge in [0.05, 0.1) is 6.10 Å². The van der Waals surface area contributed by atoms with Gasteiger partial charge < -0.3 is 54.3 Å². The van der Waals surface area contributed by atoms with Crippen molar-refractivity contribution in [2.24, 2.45) is 0 Å². The molecule has 1 aromatic heterocycles. The van der Waals surface area contributed by atoms with Crippen LogP contribution < -0.4 is 31.3 Å². The molecule has 4 unspecified atom stereocenters. The lowest BCUT2D eigenvalue weighted by Crippen LogP contribution is -2.54. The minimum Gasteiger partial charge on any atom is -0.480 e. The number of ether oxygens (including phenoxy) is 3. The van der Waals surface area contributed by atoms with E-state index in [-0.39, 0.29) is 11.6 Å². The average molecular weight is 997 g/mol. The molecule has 24 nitrogen and oxygen atoms in total. The molecule has 0 aliphatic carbocycles. The lowest BCUT2D eigenvalue weighted by Gasteiger charge is -2.36. The number of esters is 1. The summed E-state index contributed by atoms with van der Waals surface area (Å²) >= 11 is 0. The number of benzene rings is 1. The molecule has 0 saturated carbocycles. The number of hydrogen-bond donors (Lipinski definition) is 9. The van der Waals surface area contributed by atoms with Crippen molar-refractivity contribution in [2.75, 3.05) is 13.2 Å². The van der Waals surface area contributed by atoms with Gasteiger partial charge in [0, 0.05) is 30.6 Å². The van der Waals surface area contributed by atoms with Gasteiger partial charge in [-0.25, -0.2) is 32.2 Å². The SMILES string of the molecule is C=C1NC(=O)C=CN1[C@@H]1O[C@](F)(COP(=O)(O)NC(C)C(=O)O)[C@@H](O)[C@@]1(C)O.C=C=C[C@]1(F)[C@H](n2ccc(=O)[nH]c2=O)O[C@](F)(COP(=O)(NC(C)C(=O)OC(C)C)Oc2ccccc2)[C@H]1O. The number of nitrogens with one attached hydrogen (secondary N) is 4. The van der Waals surface area contributed by atoms with Crippen LogP contribution in [0, 0.1) is 0 Å². The van der Waals surface area contributed by atoms with E-state index in [0.29, 0.717) is 10.6 Å². The fourth-order valence-electron chi connectivity index (χ4n) is 6.23. The van der Waals surface area contributed by atoms with E-state index in [0.717, 1.165) is 43.3 Å². The number of aromatic amines is 1. The number of carbonyl (C=O) groups is 3. The van der Waals surface area contributed by atoms with Crippen LogP contribution in [-0.4, -0.2) is 130 Å². The molecule has 3 aliphatic heterocycles. The highest BCUT2D eigenvalue weighted by atomic mass is 31.2. The molecule has 1 aromatic carbocycles. The highest BCUT2D eigenvalue weighted by molar-refractivity contribution is 7.52. The Balaban J connectivity index is 0.000000309. The zero-order chi connectivity index (χ0) is 50.5. The summed E-state index contributed by atoms with van der Waals surface area (Å²) in [6.07, 6.45) is -5.57. The molecule has 370 valence electrons. The van der Waals surface area contributed by atoms with Gasteiger partial charge >= 0.3 is 33.1 Å². The number of rotatable bonds is 18. The van der Waals surface area contributed by atoms with Crippen LogP contribution in [-0.2, 0) is 46.8 Å². The van der Waals surface area contributed by atoms with Crippen LogP contribution >= 0.6 is 15.5 Å². The number of hydrogen-bond acceptors (Lipinski definition) is 17. The maximum absolute atomic E-state index is 16.0. The Bertz CT molecular complexity index is 2470. The zero-order valence-corrected chi connectivity index (χ0v) is 37.9. The second-order valence-corrected chi connectivity index (χ2v) is 18.6. The molecule has 0 radical (unpaired) electrons. The number of aliphatic hydroxyl groups is 3. The van der Waals surface area contributed by atoms with Gasteiger partial charge in [-0.3, -0.25) is 37.8 Å². The molecule has 5 rings (SSSR count). The first-order chi connectivity index (χ1) is 30.9. The van der Waals surface area contributed by atoms with Gasteiger partial charge in [0.25, 0.3) is 23.2 Å². The van der Waals surface area contributed by atoms with Crippen molar-refractivity contribution in [3.63, 3.8) is 0 Å². The summed E-state index contributed by atoms with van der Waals surface area (Å²) in [5.74, 6) is -9.43. The van der Waals surface area contributed by atoms with Gasteiger partial charge in [-0.2, -0.15) is 5.09 Å². The van der Waals surface area contributed by atoms with E-state index in [1.165, 1.54) is 19.1 Å². The molecule has 29 heteroatoms. The van der Waals surface area contributed by atoms with Crippen LogP contribution in [0.4, 0.5) is 13.2 Å². The van der Waals surface area contributed by atoms with Crippen LogP contribution in [0.15, 0.2) is 95.2 Å². The van der Waals surface area contributed by atoms with Gasteiger partial charge in [0.2, 0.25) is 5.67 Å². The van der Waals surface area contributed by atoms with E-state index in [4.69, 9.17) is 28.4 Å². The molecule has 2 fully saturated rings. The minimum absolute atomic E-state index is 0.00524. The predicted octanol–water partition coefficient (Wildman–Crippen LogP) is 0.992. The summed E-state index contributed by atoms with van der Waals surface area (Å²) in [5, 5.41) is 46.5. The predicted molar refractivity (Wildman–Crippen MR) is 223 cm³/mol. The normalized spacial score (nSPS) is 30.7. The van der Waals surface area contributed by atoms with E-state index in [1.807, 2.05) is 4.98 Å². The number of nitrogens with zero attached hydrogens (tertiary/aromatic N) is 2. The van der Waals surface area contributed by atoms with E-state index in [1.54, 1.807) is 37.1 Å². The Morgan fingerprint density at radius 1 is 0.970 bits per heavy atom. The van der Waals surface area contributed by atoms with Gasteiger partial charge in [-0.15, -0.1) is 5.73 Å². The number of para-hydroxylation sites is 1. The molecule has 2 aromatic rings. The lowest BCUT2D eigenvalue weighted by molar-refractivity contribution is -0.206.